The van der Waals surface area contributed by atoms with Crippen molar-refractivity contribution in [1.29, 1.82) is 0 Å². The Kier molecular flexibility index (Phi) is 3.35. The van der Waals surface area contributed by atoms with Crippen molar-refractivity contribution in [1.82, 2.24) is 4.98 Å². The number of halogens is 3. The molecule has 8 heteroatoms. The molecule has 5 nitrogen and oxygen atoms in total. The van der Waals surface area contributed by atoms with Gasteiger partial charge in [-0.05, 0) is 12.1 Å². The van der Waals surface area contributed by atoms with E-state index >= 15 is 0 Å². The third kappa shape index (κ3) is 2.92. The van der Waals surface area contributed by atoms with Crippen LogP contribution in [0.3, 0.4) is 0 Å². The minimum Gasteiger partial charge on any atom is -0.477 e. The zero-order valence-corrected chi connectivity index (χ0v) is 8.41. The molecule has 0 aliphatic carbocycles. The Balaban J connectivity index is 3.39. The quantitative estimate of drug-likeness (QED) is 0.805. The minimum atomic E-state index is -4.84. The maximum absolute atomic E-state index is 12.4. The van der Waals surface area contributed by atoms with Crippen LogP contribution in [0.25, 0.3) is 0 Å². The molecular formula is C9H6F3NO4. The number of nitrogens with zero attached hydrogens (tertiary/aromatic N) is 1. The largest absolute Gasteiger partial charge is 0.477 e. The van der Waals surface area contributed by atoms with Crippen LogP contribution < -0.4 is 0 Å². The fourth-order valence-electron chi connectivity index (χ4n) is 1.02. The highest BCUT2D eigenvalue weighted by Gasteiger charge is 2.34. The lowest BCUT2D eigenvalue weighted by molar-refractivity contribution is -0.141. The molecule has 0 radical (unpaired) electrons. The zero-order valence-electron chi connectivity index (χ0n) is 8.41. The number of carboxylic acids is 1. The van der Waals surface area contributed by atoms with Crippen LogP contribution in [0.4, 0.5) is 13.2 Å². The predicted octanol–water partition coefficient (Wildman–Crippen LogP) is 1.59. The molecule has 1 rings (SSSR count). The Morgan fingerprint density at radius 1 is 1.35 bits per heavy atom. The first-order valence-corrected chi connectivity index (χ1v) is 4.16. The van der Waals surface area contributed by atoms with Crippen LogP contribution in [-0.4, -0.2) is 29.1 Å². The third-order valence-corrected chi connectivity index (χ3v) is 1.76. The lowest BCUT2D eigenvalue weighted by atomic mass is 10.2. The number of aromatic carboxylic acids is 1. The van der Waals surface area contributed by atoms with E-state index in [2.05, 4.69) is 9.72 Å². The van der Waals surface area contributed by atoms with Gasteiger partial charge in [-0.1, -0.05) is 0 Å². The third-order valence-electron chi connectivity index (χ3n) is 1.76. The summed E-state index contributed by atoms with van der Waals surface area (Å²) in [6.45, 7) is 0. The molecule has 0 unspecified atom stereocenters. The van der Waals surface area contributed by atoms with Crippen LogP contribution >= 0.6 is 0 Å². The summed E-state index contributed by atoms with van der Waals surface area (Å²) >= 11 is 0. The molecule has 0 aliphatic rings. The van der Waals surface area contributed by atoms with Gasteiger partial charge in [-0.25, -0.2) is 14.6 Å². The van der Waals surface area contributed by atoms with E-state index in [1.807, 2.05) is 0 Å². The molecule has 0 amide bonds. The maximum Gasteiger partial charge on any atom is 0.433 e. The summed E-state index contributed by atoms with van der Waals surface area (Å²) in [5.41, 5.74) is -2.86. The van der Waals surface area contributed by atoms with E-state index in [4.69, 9.17) is 5.11 Å². The van der Waals surface area contributed by atoms with Crippen molar-refractivity contribution in [3.8, 4) is 0 Å². The molecule has 0 saturated carbocycles. The number of carboxylic acid groups (broad SMARTS) is 1. The van der Waals surface area contributed by atoms with E-state index < -0.39 is 35.1 Å². The number of esters is 1. The van der Waals surface area contributed by atoms with Crippen LogP contribution in [0.2, 0.25) is 0 Å². The monoisotopic (exact) mass is 249 g/mol. The standard InChI is InChI=1S/C9H6F3NO4/c1-17-8(16)4-2-5(7(14)15)13-6(3-4)9(10,11)12/h2-3H,1H3,(H,14,15). The van der Waals surface area contributed by atoms with Gasteiger partial charge < -0.3 is 9.84 Å². The Hall–Kier alpha value is -2.12. The summed E-state index contributed by atoms with van der Waals surface area (Å²) in [5, 5.41) is 8.57. The molecule has 0 spiro atoms. The maximum atomic E-state index is 12.4. The number of carbonyl (C=O) groups excluding carboxylic acids is 1. The lowest BCUT2D eigenvalue weighted by Gasteiger charge is -2.08. The van der Waals surface area contributed by atoms with Crippen molar-refractivity contribution in [3.63, 3.8) is 0 Å². The molecule has 0 aromatic carbocycles. The molecule has 0 bridgehead atoms. The summed E-state index contributed by atoms with van der Waals surface area (Å²) in [6, 6.07) is 1.14. The topological polar surface area (TPSA) is 76.5 Å². The fourth-order valence-corrected chi connectivity index (χ4v) is 1.02. The summed E-state index contributed by atoms with van der Waals surface area (Å²) in [5.74, 6) is -2.73. The summed E-state index contributed by atoms with van der Waals surface area (Å²) in [7, 11) is 0.969. The number of alkyl halides is 3. The Morgan fingerprint density at radius 2 is 1.94 bits per heavy atom. The average molecular weight is 249 g/mol. The molecule has 0 atom stereocenters. The van der Waals surface area contributed by atoms with E-state index in [1.165, 1.54) is 0 Å². The molecule has 17 heavy (non-hydrogen) atoms. The molecule has 0 fully saturated rings. The molecule has 1 aromatic heterocycles. The van der Waals surface area contributed by atoms with Crippen molar-refractivity contribution in [2.24, 2.45) is 0 Å². The second kappa shape index (κ2) is 4.40. The first-order valence-electron chi connectivity index (χ1n) is 4.16. The number of carbonyl (C=O) groups is 2. The number of aromatic nitrogens is 1. The summed E-state index contributed by atoms with van der Waals surface area (Å²) < 4.78 is 41.3. The highest BCUT2D eigenvalue weighted by atomic mass is 19.4. The molecule has 1 N–H and O–H groups in total. The van der Waals surface area contributed by atoms with Gasteiger partial charge in [0, 0.05) is 0 Å². The van der Waals surface area contributed by atoms with Crippen molar-refractivity contribution >= 4 is 11.9 Å². The van der Waals surface area contributed by atoms with Gasteiger partial charge in [-0.3, -0.25) is 0 Å². The molecule has 0 saturated heterocycles. The average Bonchev–Trinajstić information content (AvgIpc) is 2.26. The fraction of sp³-hybridized carbons (Fsp3) is 0.222. The summed E-state index contributed by atoms with van der Waals surface area (Å²) in [4.78, 5) is 24.5. The zero-order chi connectivity index (χ0) is 13.2. The van der Waals surface area contributed by atoms with Gasteiger partial charge in [0.15, 0.2) is 0 Å². The number of methoxy groups -OCH3 is 1. The van der Waals surface area contributed by atoms with Gasteiger partial charge in [0.25, 0.3) is 0 Å². The van der Waals surface area contributed by atoms with Crippen LogP contribution in [-0.2, 0) is 10.9 Å². The second-order valence-electron chi connectivity index (χ2n) is 2.92. The first kappa shape index (κ1) is 12.9. The smallest absolute Gasteiger partial charge is 0.433 e. The highest BCUT2D eigenvalue weighted by Crippen LogP contribution is 2.28. The van der Waals surface area contributed by atoms with E-state index in [0.717, 1.165) is 7.11 Å². The lowest BCUT2D eigenvalue weighted by Crippen LogP contribution is -2.15. The van der Waals surface area contributed by atoms with Crippen molar-refractivity contribution in [3.05, 3.63) is 29.1 Å². The summed E-state index contributed by atoms with van der Waals surface area (Å²) in [6.07, 6.45) is -4.84. The number of ether oxygens (including phenoxy) is 1. The first-order chi connectivity index (χ1) is 7.75. The van der Waals surface area contributed by atoms with E-state index in [9.17, 15) is 22.8 Å². The minimum absolute atomic E-state index is 0.429. The van der Waals surface area contributed by atoms with Gasteiger partial charge in [0.1, 0.15) is 11.4 Å². The molecule has 92 valence electrons. The van der Waals surface area contributed by atoms with Gasteiger partial charge >= 0.3 is 18.1 Å². The van der Waals surface area contributed by atoms with Gasteiger partial charge in [-0.15, -0.1) is 0 Å². The van der Waals surface area contributed by atoms with Crippen molar-refractivity contribution in [2.75, 3.05) is 7.11 Å². The predicted molar refractivity (Wildman–Crippen MR) is 47.5 cm³/mol. The SMILES string of the molecule is COC(=O)c1cc(C(=O)O)nc(C(F)(F)F)c1. The molecule has 1 heterocycles. The van der Waals surface area contributed by atoms with Crippen LogP contribution in [0.5, 0.6) is 0 Å². The number of pyridine rings is 1. The molecule has 0 aliphatic heterocycles. The van der Waals surface area contributed by atoms with Crippen LogP contribution in [0, 0.1) is 0 Å². The molecule has 1 aromatic rings. The normalized spacial score (nSPS) is 11.1. The number of hydrogen-bond donors (Lipinski definition) is 1. The highest BCUT2D eigenvalue weighted by molar-refractivity contribution is 5.93. The van der Waals surface area contributed by atoms with E-state index in [-0.39, 0.29) is 0 Å². The molecular weight excluding hydrogens is 243 g/mol. The van der Waals surface area contributed by atoms with E-state index in [0.29, 0.717) is 12.1 Å². The van der Waals surface area contributed by atoms with Gasteiger partial charge in [0.05, 0.1) is 12.7 Å². The number of rotatable bonds is 2. The Labute approximate surface area is 92.8 Å². The second-order valence-corrected chi connectivity index (χ2v) is 2.92. The van der Waals surface area contributed by atoms with Gasteiger partial charge in [-0.2, -0.15) is 13.2 Å². The van der Waals surface area contributed by atoms with Crippen LogP contribution in [0.1, 0.15) is 26.5 Å². The van der Waals surface area contributed by atoms with Gasteiger partial charge in [0.2, 0.25) is 0 Å². The van der Waals surface area contributed by atoms with Crippen LogP contribution in [0.15, 0.2) is 12.1 Å². The van der Waals surface area contributed by atoms with E-state index in [1.54, 1.807) is 0 Å². The Morgan fingerprint density at radius 3 is 2.35 bits per heavy atom. The number of hydrogen-bond acceptors (Lipinski definition) is 4. The van der Waals surface area contributed by atoms with Crippen molar-refractivity contribution < 1.29 is 32.6 Å². The van der Waals surface area contributed by atoms with Crippen molar-refractivity contribution in [2.45, 2.75) is 6.18 Å². The Bertz CT molecular complexity index is 470.